The van der Waals surface area contributed by atoms with Crippen molar-refractivity contribution >= 4 is 0 Å². The Hall–Kier alpha value is -0.960. The fourth-order valence-electron chi connectivity index (χ4n) is 9.77. The van der Waals surface area contributed by atoms with Gasteiger partial charge in [0.25, 0.3) is 5.97 Å². The number of aliphatic hydroxyl groups excluding tert-OH is 2. The Morgan fingerprint density at radius 1 is 0.922 bits per heavy atom. The molecule has 5 unspecified atom stereocenters. The van der Waals surface area contributed by atoms with Crippen LogP contribution in [0.5, 0.6) is 0 Å². The van der Waals surface area contributed by atoms with E-state index in [0.29, 0.717) is 19.3 Å². The van der Waals surface area contributed by atoms with Crippen molar-refractivity contribution in [2.75, 3.05) is 13.7 Å². The summed E-state index contributed by atoms with van der Waals surface area (Å²) < 4.78 is 52.1. The van der Waals surface area contributed by atoms with Gasteiger partial charge in [-0.05, 0) is 59.8 Å². The Balaban J connectivity index is 1.61. The SMILES string of the molecule is C#CCNC1C[C@@H](C)O[C@@H](O[C@@H]2[C@@H](C)[C@H](O[C@H]3CC(C)(OC)[C@@H](O)C(C)O3)[C@@H](C)[C@@]3(O)O[C@H]([C@@H](C)C4O[C@]2(C)C[C@@H]4C)[C@](C)(O)[C@@H](CC)O3)C1O. The molecule has 0 aromatic heterocycles. The average Bonchev–Trinajstić information content (AvgIpc) is 3.39. The van der Waals surface area contributed by atoms with Gasteiger partial charge in [-0.2, -0.15) is 0 Å². The molecule has 0 radical (unpaired) electrons. The van der Waals surface area contributed by atoms with Crippen LogP contribution in [0.25, 0.3) is 0 Å². The van der Waals surface area contributed by atoms with E-state index in [2.05, 4.69) is 18.2 Å². The Morgan fingerprint density at radius 3 is 2.24 bits per heavy atom. The molecular formula is C38H65NO12. The Bertz CT molecular complexity index is 1230. The van der Waals surface area contributed by atoms with Crippen LogP contribution >= 0.6 is 0 Å². The summed E-state index contributed by atoms with van der Waals surface area (Å²) in [6, 6.07) is -0.368. The molecule has 0 aromatic carbocycles. The molecule has 51 heavy (non-hydrogen) atoms. The molecule has 0 saturated carbocycles. The van der Waals surface area contributed by atoms with Gasteiger partial charge >= 0.3 is 0 Å². The summed E-state index contributed by atoms with van der Waals surface area (Å²) in [4.78, 5) is 0. The van der Waals surface area contributed by atoms with Crippen molar-refractivity contribution in [2.45, 2.75) is 191 Å². The Kier molecular flexibility index (Phi) is 12.4. The van der Waals surface area contributed by atoms with Gasteiger partial charge in [0.1, 0.15) is 17.8 Å². The van der Waals surface area contributed by atoms with Crippen LogP contribution in [0.1, 0.15) is 94.9 Å². The fourth-order valence-corrected chi connectivity index (χ4v) is 9.77. The van der Waals surface area contributed by atoms with Crippen molar-refractivity contribution in [1.82, 2.24) is 5.32 Å². The maximum absolute atomic E-state index is 12.5. The second-order valence-corrected chi connectivity index (χ2v) is 16.8. The standard InChI is InChI=1S/C38H65NO12/c1-13-15-39-25-16-20(4)45-34(28(25)40)48-32-22(6)30(47-27-18-35(9,44-12)31(41)24(8)46-27)23(7)38(43)49-26(14-2)37(11,42)33(51-38)21(5)29-19(3)17-36(32,10)50-29/h1,19-34,39-43H,14-18H2,2-12H3/t19-,20+,21-,22-,23+,24?,25?,26+,27-,28?,29?,30-,31-,32+,33+,34-,35?,36+,37+,38-/m0/s1. The summed E-state index contributed by atoms with van der Waals surface area (Å²) in [5, 5.41) is 50.3. The number of aliphatic hydroxyl groups is 4. The second kappa shape index (κ2) is 15.3. The molecule has 13 heteroatoms. The van der Waals surface area contributed by atoms with E-state index in [1.807, 2.05) is 41.5 Å². The van der Waals surface area contributed by atoms with E-state index in [4.69, 9.17) is 44.3 Å². The van der Waals surface area contributed by atoms with Gasteiger partial charge < -0.3 is 63.6 Å². The third-order valence-corrected chi connectivity index (χ3v) is 12.7. The van der Waals surface area contributed by atoms with E-state index in [1.54, 1.807) is 27.9 Å². The first kappa shape index (κ1) is 41.2. The molecule has 0 aliphatic carbocycles. The summed E-state index contributed by atoms with van der Waals surface area (Å²) in [6.07, 6.45) is -1.10. The number of terminal acetylenes is 1. The Morgan fingerprint density at radius 2 is 1.61 bits per heavy atom. The quantitative estimate of drug-likeness (QED) is 0.232. The van der Waals surface area contributed by atoms with Gasteiger partial charge in [-0.25, -0.2) is 0 Å². The zero-order valence-electron chi connectivity index (χ0n) is 32.4. The van der Waals surface area contributed by atoms with Crippen LogP contribution < -0.4 is 5.32 Å². The van der Waals surface area contributed by atoms with Gasteiger partial charge in [0, 0.05) is 31.4 Å². The molecule has 0 spiro atoms. The van der Waals surface area contributed by atoms with Crippen LogP contribution in [0.2, 0.25) is 0 Å². The highest BCUT2D eigenvalue weighted by atomic mass is 16.8. The number of rotatable bonds is 8. The highest BCUT2D eigenvalue weighted by Crippen LogP contribution is 2.52. The van der Waals surface area contributed by atoms with E-state index in [-0.39, 0.29) is 43.1 Å². The van der Waals surface area contributed by atoms with E-state index in [9.17, 15) is 20.4 Å². The lowest BCUT2D eigenvalue weighted by Gasteiger charge is -2.55. The first-order valence-electron chi connectivity index (χ1n) is 18.9. The number of hydrogen-bond acceptors (Lipinski definition) is 13. The van der Waals surface area contributed by atoms with Crippen LogP contribution in [0.15, 0.2) is 0 Å². The van der Waals surface area contributed by atoms with Crippen LogP contribution in [-0.2, 0) is 37.9 Å². The van der Waals surface area contributed by atoms with Crippen LogP contribution in [0.3, 0.4) is 0 Å². The monoisotopic (exact) mass is 727 g/mol. The van der Waals surface area contributed by atoms with Crippen molar-refractivity contribution in [3.8, 4) is 12.3 Å². The lowest BCUT2D eigenvalue weighted by atomic mass is 9.74. The third kappa shape index (κ3) is 7.66. The lowest BCUT2D eigenvalue weighted by molar-refractivity contribution is -0.481. The highest BCUT2D eigenvalue weighted by Gasteiger charge is 2.64. The normalized spacial score (nSPS) is 55.1. The minimum Gasteiger partial charge on any atom is -0.387 e. The minimum absolute atomic E-state index is 0.00234. The summed E-state index contributed by atoms with van der Waals surface area (Å²) in [5.74, 6) is -1.42. The first-order valence-corrected chi connectivity index (χ1v) is 18.9. The van der Waals surface area contributed by atoms with Gasteiger partial charge in [-0.15, -0.1) is 6.42 Å². The van der Waals surface area contributed by atoms with Gasteiger partial charge in [-0.3, -0.25) is 0 Å². The summed E-state index contributed by atoms with van der Waals surface area (Å²) >= 11 is 0. The molecule has 13 nitrogen and oxygen atoms in total. The summed E-state index contributed by atoms with van der Waals surface area (Å²) in [7, 11) is 1.54. The molecule has 5 heterocycles. The van der Waals surface area contributed by atoms with Gasteiger partial charge in [-0.1, -0.05) is 40.5 Å². The van der Waals surface area contributed by atoms with Crippen molar-refractivity contribution in [3.63, 3.8) is 0 Å². The second-order valence-electron chi connectivity index (χ2n) is 16.8. The molecule has 5 rings (SSSR count). The van der Waals surface area contributed by atoms with Gasteiger partial charge in [0.05, 0.1) is 66.4 Å². The van der Waals surface area contributed by atoms with Crippen LogP contribution in [0, 0.1) is 36.0 Å². The van der Waals surface area contributed by atoms with E-state index in [0.717, 1.165) is 0 Å². The van der Waals surface area contributed by atoms with E-state index < -0.39 is 89.9 Å². The average molecular weight is 728 g/mol. The van der Waals surface area contributed by atoms with Gasteiger partial charge in [0.15, 0.2) is 12.6 Å². The smallest absolute Gasteiger partial charge is 0.286 e. The number of hydrogen-bond donors (Lipinski definition) is 5. The van der Waals surface area contributed by atoms with Crippen LogP contribution in [-0.4, -0.2) is 130 Å². The highest BCUT2D eigenvalue weighted by molar-refractivity contribution is 5.07. The van der Waals surface area contributed by atoms with Crippen LogP contribution in [0.4, 0.5) is 0 Å². The minimum atomic E-state index is -2.19. The molecular weight excluding hydrogens is 662 g/mol. The molecule has 0 amide bonds. The summed E-state index contributed by atoms with van der Waals surface area (Å²) in [6.45, 7) is 19.2. The molecule has 294 valence electrons. The predicted molar refractivity (Wildman–Crippen MR) is 186 cm³/mol. The maximum atomic E-state index is 12.5. The molecule has 5 aliphatic rings. The number of fused-ring (bicyclic) bond motifs is 4. The third-order valence-electron chi connectivity index (χ3n) is 12.7. The van der Waals surface area contributed by atoms with E-state index >= 15 is 0 Å². The van der Waals surface area contributed by atoms with Gasteiger partial charge in [0.2, 0.25) is 0 Å². The maximum Gasteiger partial charge on any atom is 0.286 e. The largest absolute Gasteiger partial charge is 0.387 e. The summed E-state index contributed by atoms with van der Waals surface area (Å²) in [5.41, 5.74) is -3.36. The lowest BCUT2D eigenvalue weighted by Crippen LogP contribution is -2.69. The van der Waals surface area contributed by atoms with Crippen molar-refractivity contribution in [3.05, 3.63) is 0 Å². The zero-order valence-corrected chi connectivity index (χ0v) is 32.4. The van der Waals surface area contributed by atoms with Crippen molar-refractivity contribution < 1.29 is 58.3 Å². The first-order chi connectivity index (χ1) is 23.7. The molecule has 4 bridgehead atoms. The number of methoxy groups -OCH3 is 1. The van der Waals surface area contributed by atoms with Crippen molar-refractivity contribution in [2.24, 2.45) is 23.7 Å². The van der Waals surface area contributed by atoms with E-state index in [1.165, 1.54) is 0 Å². The topological polar surface area (TPSA) is 167 Å². The molecule has 5 fully saturated rings. The Labute approximate surface area is 304 Å². The molecule has 5 saturated heterocycles. The zero-order chi connectivity index (χ0) is 37.8. The fraction of sp³-hybridized carbons (Fsp3) is 0.947. The molecule has 0 aromatic rings. The molecule has 20 atom stereocenters. The number of nitrogens with one attached hydrogen (secondary N) is 1. The number of ether oxygens (including phenoxy) is 8. The molecule has 5 N–H and O–H groups in total. The molecule has 5 aliphatic heterocycles. The van der Waals surface area contributed by atoms with Crippen molar-refractivity contribution in [1.29, 1.82) is 0 Å². The predicted octanol–water partition coefficient (Wildman–Crippen LogP) is 2.44.